The maximum atomic E-state index is 12.7. The van der Waals surface area contributed by atoms with Crippen LogP contribution in [-0.2, 0) is 28.6 Å². The van der Waals surface area contributed by atoms with Gasteiger partial charge in [0.25, 0.3) is 0 Å². The molecule has 0 spiro atoms. The van der Waals surface area contributed by atoms with E-state index in [1.165, 1.54) is 173 Å². The second kappa shape index (κ2) is 46.8. The highest BCUT2D eigenvalue weighted by Gasteiger charge is 2.19. The van der Waals surface area contributed by atoms with E-state index in [0.29, 0.717) is 19.3 Å². The number of allylic oxidation sites excluding steroid dienone is 2. The van der Waals surface area contributed by atoms with Crippen molar-refractivity contribution in [3.05, 3.63) is 12.2 Å². The van der Waals surface area contributed by atoms with Crippen molar-refractivity contribution in [1.29, 1.82) is 0 Å². The number of esters is 3. The molecule has 0 aliphatic rings. The third-order valence-electron chi connectivity index (χ3n) is 11.3. The Kier molecular flexibility index (Phi) is 45.3. The van der Waals surface area contributed by atoms with Gasteiger partial charge in [-0.2, -0.15) is 0 Å². The fourth-order valence-corrected chi connectivity index (χ4v) is 7.44. The van der Waals surface area contributed by atoms with Gasteiger partial charge in [0.05, 0.1) is 0 Å². The molecule has 0 aromatic heterocycles. The Morgan fingerprint density at radius 1 is 0.333 bits per heavy atom. The molecule has 0 aromatic rings. The monoisotopic (exact) mass is 805 g/mol. The molecule has 0 aliphatic carbocycles. The Morgan fingerprint density at radius 3 is 0.877 bits per heavy atom. The minimum atomic E-state index is -0.765. The molecule has 6 heteroatoms. The number of unbranched alkanes of at least 4 members (excludes halogenated alkanes) is 33. The molecule has 0 amide bonds. The highest BCUT2D eigenvalue weighted by atomic mass is 16.6. The summed E-state index contributed by atoms with van der Waals surface area (Å²) in [5.74, 6) is -0.865. The molecule has 0 unspecified atom stereocenters. The SMILES string of the molecule is CCCCCCCCC/C=C\CCCCCCCC(=O)OC[C@@H](COC(=O)CCCCCCCCCCC)OC(=O)CCCCCCCCCCCCCCCC. The van der Waals surface area contributed by atoms with Crippen LogP contribution in [0.1, 0.15) is 278 Å². The smallest absolute Gasteiger partial charge is 0.306 e. The minimum Gasteiger partial charge on any atom is -0.462 e. The van der Waals surface area contributed by atoms with Crippen molar-refractivity contribution >= 4 is 17.9 Å². The summed E-state index contributed by atoms with van der Waals surface area (Å²) >= 11 is 0. The Morgan fingerprint density at radius 2 is 0.579 bits per heavy atom. The molecule has 0 N–H and O–H groups in total. The molecular weight excluding hydrogens is 709 g/mol. The van der Waals surface area contributed by atoms with Crippen molar-refractivity contribution in [2.24, 2.45) is 0 Å². The van der Waals surface area contributed by atoms with Gasteiger partial charge in [0.15, 0.2) is 6.10 Å². The predicted octanol–water partition coefficient (Wildman–Crippen LogP) is 16.2. The number of carbonyl (C=O) groups excluding carboxylic acids is 3. The van der Waals surface area contributed by atoms with Crippen LogP contribution in [0, 0.1) is 0 Å². The van der Waals surface area contributed by atoms with Gasteiger partial charge in [-0.3, -0.25) is 14.4 Å². The predicted molar refractivity (Wildman–Crippen MR) is 243 cm³/mol. The number of carbonyl (C=O) groups is 3. The molecule has 0 fully saturated rings. The molecule has 57 heavy (non-hydrogen) atoms. The van der Waals surface area contributed by atoms with Crippen molar-refractivity contribution in [3.63, 3.8) is 0 Å². The number of hydrogen-bond acceptors (Lipinski definition) is 6. The van der Waals surface area contributed by atoms with Crippen molar-refractivity contribution in [2.45, 2.75) is 284 Å². The van der Waals surface area contributed by atoms with Crippen molar-refractivity contribution in [3.8, 4) is 0 Å². The van der Waals surface area contributed by atoms with Gasteiger partial charge in [0.2, 0.25) is 0 Å². The number of hydrogen-bond donors (Lipinski definition) is 0. The fraction of sp³-hybridized carbons (Fsp3) is 0.902. The molecule has 0 heterocycles. The first-order valence-electron chi connectivity index (χ1n) is 25.2. The topological polar surface area (TPSA) is 78.9 Å². The van der Waals surface area contributed by atoms with Crippen LogP contribution < -0.4 is 0 Å². The minimum absolute atomic E-state index is 0.0679. The lowest BCUT2D eigenvalue weighted by atomic mass is 10.0. The van der Waals surface area contributed by atoms with Gasteiger partial charge in [-0.25, -0.2) is 0 Å². The quantitative estimate of drug-likeness (QED) is 0.0264. The van der Waals surface area contributed by atoms with E-state index in [1.54, 1.807) is 0 Å². The molecule has 1 atom stereocenters. The molecule has 0 radical (unpaired) electrons. The lowest BCUT2D eigenvalue weighted by Gasteiger charge is -2.18. The van der Waals surface area contributed by atoms with Crippen LogP contribution in [-0.4, -0.2) is 37.2 Å². The largest absolute Gasteiger partial charge is 0.462 e. The summed E-state index contributed by atoms with van der Waals surface area (Å²) in [5, 5.41) is 0. The van der Waals surface area contributed by atoms with Gasteiger partial charge >= 0.3 is 17.9 Å². The second-order valence-corrected chi connectivity index (χ2v) is 17.1. The van der Waals surface area contributed by atoms with E-state index >= 15 is 0 Å². The average Bonchev–Trinajstić information content (AvgIpc) is 3.21. The van der Waals surface area contributed by atoms with Gasteiger partial charge in [0, 0.05) is 19.3 Å². The van der Waals surface area contributed by atoms with E-state index in [1.807, 2.05) is 0 Å². The zero-order valence-electron chi connectivity index (χ0n) is 38.4. The molecule has 336 valence electrons. The normalized spacial score (nSPS) is 12.0. The van der Waals surface area contributed by atoms with Crippen LogP contribution in [0.25, 0.3) is 0 Å². The van der Waals surface area contributed by atoms with Crippen LogP contribution in [0.2, 0.25) is 0 Å². The standard InChI is InChI=1S/C51H96O6/c1-4-7-10-13-16-19-21-23-25-26-28-29-32-35-38-41-44-50(53)56-47-48(46-55-49(52)43-40-37-34-31-18-15-12-9-6-3)57-51(54)45-42-39-36-33-30-27-24-22-20-17-14-11-8-5-2/h25-26,48H,4-24,27-47H2,1-3H3/b26-25-/t48-/m1/s1. The van der Waals surface area contributed by atoms with Gasteiger partial charge < -0.3 is 14.2 Å². The summed E-state index contributed by atoms with van der Waals surface area (Å²) in [7, 11) is 0. The zero-order chi connectivity index (χ0) is 41.5. The van der Waals surface area contributed by atoms with Gasteiger partial charge in [-0.1, -0.05) is 226 Å². The van der Waals surface area contributed by atoms with Gasteiger partial charge in [0.1, 0.15) is 13.2 Å². The third kappa shape index (κ3) is 45.1. The van der Waals surface area contributed by atoms with Crippen molar-refractivity contribution in [1.82, 2.24) is 0 Å². The van der Waals surface area contributed by atoms with Crippen molar-refractivity contribution in [2.75, 3.05) is 13.2 Å². The van der Waals surface area contributed by atoms with Gasteiger partial charge in [-0.05, 0) is 44.9 Å². The molecule has 0 saturated carbocycles. The summed E-state index contributed by atoms with van der Waals surface area (Å²) in [5.41, 5.74) is 0. The highest BCUT2D eigenvalue weighted by Crippen LogP contribution is 2.16. The summed E-state index contributed by atoms with van der Waals surface area (Å²) in [6.45, 7) is 6.64. The van der Waals surface area contributed by atoms with Crippen LogP contribution >= 0.6 is 0 Å². The van der Waals surface area contributed by atoms with Crippen molar-refractivity contribution < 1.29 is 28.6 Å². The van der Waals surface area contributed by atoms with Gasteiger partial charge in [-0.15, -0.1) is 0 Å². The molecule has 0 aliphatic heterocycles. The Bertz CT molecular complexity index is 885. The average molecular weight is 805 g/mol. The molecular formula is C51H96O6. The Labute approximate surface area is 354 Å². The molecule has 0 saturated heterocycles. The second-order valence-electron chi connectivity index (χ2n) is 17.1. The van der Waals surface area contributed by atoms with Crippen LogP contribution in [0.4, 0.5) is 0 Å². The Balaban J connectivity index is 4.30. The lowest BCUT2D eigenvalue weighted by Crippen LogP contribution is -2.30. The first-order chi connectivity index (χ1) is 28.0. The fourth-order valence-electron chi connectivity index (χ4n) is 7.44. The maximum absolute atomic E-state index is 12.7. The van der Waals surface area contributed by atoms with Crippen LogP contribution in [0.15, 0.2) is 12.2 Å². The van der Waals surface area contributed by atoms with E-state index in [-0.39, 0.29) is 31.1 Å². The maximum Gasteiger partial charge on any atom is 0.306 e. The third-order valence-corrected chi connectivity index (χ3v) is 11.3. The molecule has 0 aromatic carbocycles. The zero-order valence-corrected chi connectivity index (χ0v) is 38.4. The lowest BCUT2D eigenvalue weighted by molar-refractivity contribution is -0.167. The summed E-state index contributed by atoms with van der Waals surface area (Å²) in [4.78, 5) is 37.8. The molecule has 0 bridgehead atoms. The van der Waals surface area contributed by atoms with E-state index in [9.17, 15) is 14.4 Å². The number of rotatable bonds is 46. The summed E-state index contributed by atoms with van der Waals surface area (Å²) in [6.07, 6.45) is 50.5. The van der Waals surface area contributed by atoms with Crippen LogP contribution in [0.5, 0.6) is 0 Å². The summed E-state index contributed by atoms with van der Waals surface area (Å²) in [6, 6.07) is 0. The first kappa shape index (κ1) is 55.2. The van der Waals surface area contributed by atoms with Crippen LogP contribution in [0.3, 0.4) is 0 Å². The Hall–Kier alpha value is -1.85. The molecule has 0 rings (SSSR count). The highest BCUT2D eigenvalue weighted by molar-refractivity contribution is 5.71. The molecule has 6 nitrogen and oxygen atoms in total. The van der Waals surface area contributed by atoms with E-state index in [0.717, 1.165) is 64.2 Å². The van der Waals surface area contributed by atoms with E-state index in [2.05, 4.69) is 32.9 Å². The van der Waals surface area contributed by atoms with E-state index in [4.69, 9.17) is 14.2 Å². The van der Waals surface area contributed by atoms with E-state index < -0.39 is 6.10 Å². The summed E-state index contributed by atoms with van der Waals surface area (Å²) < 4.78 is 16.7. The number of ether oxygens (including phenoxy) is 3. The first-order valence-corrected chi connectivity index (χ1v) is 25.2.